The number of carbonyl (C=O) groups excluding carboxylic acids is 2. The van der Waals surface area contributed by atoms with Crippen molar-refractivity contribution in [1.82, 2.24) is 24.2 Å². The van der Waals surface area contributed by atoms with Gasteiger partial charge in [0.25, 0.3) is 0 Å². The normalized spacial score (nSPS) is 13.9. The van der Waals surface area contributed by atoms with Crippen molar-refractivity contribution < 1.29 is 14.3 Å². The average molecular weight is 452 g/mol. The van der Waals surface area contributed by atoms with Crippen molar-refractivity contribution in [3.05, 3.63) is 47.0 Å². The minimum absolute atomic E-state index is 0.127. The second kappa shape index (κ2) is 9.00. The molecule has 0 radical (unpaired) electrons. The van der Waals surface area contributed by atoms with Crippen LogP contribution in [0.3, 0.4) is 0 Å². The molecule has 4 rings (SSSR count). The van der Waals surface area contributed by atoms with Crippen LogP contribution >= 0.6 is 0 Å². The molecular weight excluding hydrogens is 418 g/mol. The monoisotopic (exact) mass is 451 g/mol. The van der Waals surface area contributed by atoms with Crippen molar-refractivity contribution in [1.29, 1.82) is 0 Å². The van der Waals surface area contributed by atoms with Crippen LogP contribution in [0.25, 0.3) is 11.0 Å². The first kappa shape index (κ1) is 23.0. The molecule has 176 valence electrons. The Morgan fingerprint density at radius 1 is 1.27 bits per heavy atom. The molecule has 1 aliphatic heterocycles. The van der Waals surface area contributed by atoms with E-state index in [9.17, 15) is 9.59 Å². The van der Waals surface area contributed by atoms with E-state index in [-0.39, 0.29) is 11.9 Å². The highest BCUT2D eigenvalue weighted by Crippen LogP contribution is 2.31. The van der Waals surface area contributed by atoms with Crippen LogP contribution in [0.2, 0.25) is 0 Å². The Balaban J connectivity index is 1.53. The molecule has 0 bridgehead atoms. The first-order valence-electron chi connectivity index (χ1n) is 11.5. The summed E-state index contributed by atoms with van der Waals surface area (Å²) in [6.07, 6.45) is 4.34. The van der Waals surface area contributed by atoms with Gasteiger partial charge in [0, 0.05) is 37.3 Å². The lowest BCUT2D eigenvalue weighted by molar-refractivity contribution is -0.151. The predicted octanol–water partition coefficient (Wildman–Crippen LogP) is 3.38. The fraction of sp³-hybridized carbons (Fsp3) is 0.520. The highest BCUT2D eigenvalue weighted by atomic mass is 16.5. The van der Waals surface area contributed by atoms with Gasteiger partial charge in [0.05, 0.1) is 37.0 Å². The molecule has 8 heteroatoms. The van der Waals surface area contributed by atoms with Gasteiger partial charge in [-0.2, -0.15) is 5.10 Å². The molecule has 1 aliphatic rings. The van der Waals surface area contributed by atoms with Crippen LogP contribution in [0, 0.1) is 12.3 Å². The van der Waals surface area contributed by atoms with Gasteiger partial charge in [-0.1, -0.05) is 0 Å². The highest BCUT2D eigenvalue weighted by molar-refractivity contribution is 5.84. The number of rotatable bonds is 7. The zero-order valence-corrected chi connectivity index (χ0v) is 20.2. The van der Waals surface area contributed by atoms with Crippen molar-refractivity contribution >= 4 is 22.9 Å². The summed E-state index contributed by atoms with van der Waals surface area (Å²) >= 11 is 0. The van der Waals surface area contributed by atoms with Gasteiger partial charge in [0.2, 0.25) is 5.91 Å². The van der Waals surface area contributed by atoms with Crippen LogP contribution < -0.4 is 0 Å². The smallest absolute Gasteiger partial charge is 0.311 e. The molecule has 8 nitrogen and oxygen atoms in total. The summed E-state index contributed by atoms with van der Waals surface area (Å²) in [6.45, 7) is 7.65. The minimum Gasteiger partial charge on any atom is -0.469 e. The fourth-order valence-corrected chi connectivity index (χ4v) is 4.84. The fourth-order valence-electron chi connectivity index (χ4n) is 4.84. The van der Waals surface area contributed by atoms with Crippen LogP contribution in [0.15, 0.2) is 24.4 Å². The van der Waals surface area contributed by atoms with Crippen molar-refractivity contribution in [3.8, 4) is 0 Å². The maximum Gasteiger partial charge on any atom is 0.311 e. The summed E-state index contributed by atoms with van der Waals surface area (Å²) in [5, 5.41) is 5.65. The van der Waals surface area contributed by atoms with Crippen molar-refractivity contribution in [2.45, 2.75) is 59.5 Å². The van der Waals surface area contributed by atoms with E-state index < -0.39 is 5.41 Å². The lowest BCUT2D eigenvalue weighted by Gasteiger charge is -2.29. The largest absolute Gasteiger partial charge is 0.469 e. The van der Waals surface area contributed by atoms with E-state index in [2.05, 4.69) is 26.8 Å². The number of ether oxygens (including phenoxy) is 1. The molecule has 0 saturated carbocycles. The molecule has 0 unspecified atom stereocenters. The van der Waals surface area contributed by atoms with Crippen LogP contribution in [-0.4, -0.2) is 49.8 Å². The van der Waals surface area contributed by atoms with Gasteiger partial charge in [-0.25, -0.2) is 4.98 Å². The van der Waals surface area contributed by atoms with Crippen LogP contribution in [0.4, 0.5) is 0 Å². The molecular formula is C25H33N5O3. The standard InChI is InChI=1S/C25H33N5O3/c1-17-14-18(28(4)27-17)15-30-21-16-29(13-10-19(21)20-8-7-12-26-23(20)30)22(31)9-6-11-25(2,3)24(32)33-5/h7-8,12,14H,6,9-11,13,15-16H2,1-5H3. The topological polar surface area (TPSA) is 82.3 Å². The summed E-state index contributed by atoms with van der Waals surface area (Å²) in [5.74, 6) is -0.109. The number of aromatic nitrogens is 4. The number of hydrogen-bond acceptors (Lipinski definition) is 5. The number of carbonyl (C=O) groups is 2. The number of fused-ring (bicyclic) bond motifs is 3. The molecule has 0 aromatic carbocycles. The van der Waals surface area contributed by atoms with E-state index in [0.717, 1.165) is 29.1 Å². The number of esters is 1. The number of aryl methyl sites for hydroxylation is 2. The van der Waals surface area contributed by atoms with Gasteiger partial charge in [0.15, 0.2) is 0 Å². The molecule has 0 atom stereocenters. The van der Waals surface area contributed by atoms with Crippen molar-refractivity contribution in [3.63, 3.8) is 0 Å². The summed E-state index contributed by atoms with van der Waals surface area (Å²) in [5.41, 5.74) is 4.90. The SMILES string of the molecule is COC(=O)C(C)(C)CCCC(=O)N1CCc2c(n(Cc3cc(C)nn3C)c3ncccc23)C1. The van der Waals surface area contributed by atoms with Crippen LogP contribution in [0.1, 0.15) is 55.8 Å². The third-order valence-corrected chi connectivity index (χ3v) is 6.72. The van der Waals surface area contributed by atoms with E-state index in [1.807, 2.05) is 49.7 Å². The Hall–Kier alpha value is -3.16. The quantitative estimate of drug-likeness (QED) is 0.515. The molecule has 0 aliphatic carbocycles. The second-order valence-electron chi connectivity index (χ2n) is 9.58. The number of hydrogen-bond donors (Lipinski definition) is 0. The Kier molecular flexibility index (Phi) is 6.28. The molecule has 0 fully saturated rings. The number of pyridine rings is 1. The Morgan fingerprint density at radius 3 is 2.76 bits per heavy atom. The summed E-state index contributed by atoms with van der Waals surface area (Å²) in [6, 6.07) is 6.19. The number of methoxy groups -OCH3 is 1. The Labute approximate surface area is 194 Å². The minimum atomic E-state index is -0.580. The van der Waals surface area contributed by atoms with E-state index in [1.54, 1.807) is 0 Å². The zero-order valence-electron chi connectivity index (χ0n) is 20.2. The first-order chi connectivity index (χ1) is 15.7. The molecule has 3 aromatic heterocycles. The van der Waals surface area contributed by atoms with Crippen molar-refractivity contribution in [2.24, 2.45) is 12.5 Å². The Morgan fingerprint density at radius 2 is 2.06 bits per heavy atom. The van der Waals surface area contributed by atoms with E-state index in [1.165, 1.54) is 18.1 Å². The van der Waals surface area contributed by atoms with Gasteiger partial charge < -0.3 is 14.2 Å². The average Bonchev–Trinajstić information content (AvgIpc) is 3.28. The van der Waals surface area contributed by atoms with Crippen molar-refractivity contribution in [2.75, 3.05) is 13.7 Å². The Bertz CT molecular complexity index is 1190. The third kappa shape index (κ3) is 4.51. The summed E-state index contributed by atoms with van der Waals surface area (Å²) in [4.78, 5) is 31.6. The van der Waals surface area contributed by atoms with Crippen LogP contribution in [0.5, 0.6) is 0 Å². The molecule has 1 amide bonds. The predicted molar refractivity (Wildman–Crippen MR) is 126 cm³/mol. The second-order valence-corrected chi connectivity index (χ2v) is 9.58. The van der Waals surface area contributed by atoms with Gasteiger partial charge >= 0.3 is 5.97 Å². The third-order valence-electron chi connectivity index (χ3n) is 6.72. The van der Waals surface area contributed by atoms with Gasteiger partial charge in [-0.05, 0) is 63.8 Å². The first-order valence-corrected chi connectivity index (χ1v) is 11.5. The maximum atomic E-state index is 13.0. The van der Waals surface area contributed by atoms with Crippen LogP contribution in [-0.2, 0) is 40.9 Å². The van der Waals surface area contributed by atoms with E-state index in [4.69, 9.17) is 4.74 Å². The molecule has 0 N–H and O–H groups in total. The van der Waals surface area contributed by atoms with Gasteiger partial charge in [0.1, 0.15) is 5.65 Å². The molecule has 3 aromatic rings. The molecule has 0 spiro atoms. The van der Waals surface area contributed by atoms with Gasteiger partial charge in [-0.15, -0.1) is 0 Å². The molecule has 4 heterocycles. The maximum absolute atomic E-state index is 13.0. The summed E-state index contributed by atoms with van der Waals surface area (Å²) in [7, 11) is 3.36. The zero-order chi connectivity index (χ0) is 23.8. The van der Waals surface area contributed by atoms with E-state index >= 15 is 0 Å². The van der Waals surface area contributed by atoms with Gasteiger partial charge in [-0.3, -0.25) is 14.3 Å². The number of nitrogens with zero attached hydrogens (tertiary/aromatic N) is 5. The molecule has 33 heavy (non-hydrogen) atoms. The van der Waals surface area contributed by atoms with E-state index in [0.29, 0.717) is 38.9 Å². The lowest BCUT2D eigenvalue weighted by Crippen LogP contribution is -2.37. The number of amides is 1. The lowest BCUT2D eigenvalue weighted by atomic mass is 9.87. The summed E-state index contributed by atoms with van der Waals surface area (Å²) < 4.78 is 9.02. The highest BCUT2D eigenvalue weighted by Gasteiger charge is 2.30. The molecule has 0 saturated heterocycles.